The molecule has 2 amide bonds. The van der Waals surface area contributed by atoms with E-state index in [1.54, 1.807) is 29.2 Å². The van der Waals surface area contributed by atoms with Crippen LogP contribution in [0.25, 0.3) is 0 Å². The predicted molar refractivity (Wildman–Crippen MR) is 73.8 cm³/mol. The third-order valence-corrected chi connectivity index (χ3v) is 3.16. The third-order valence-electron chi connectivity index (χ3n) is 3.16. The maximum absolute atomic E-state index is 12.2. The van der Waals surface area contributed by atoms with Crippen LogP contribution in [-0.4, -0.2) is 47.8 Å². The van der Waals surface area contributed by atoms with E-state index in [-0.39, 0.29) is 18.5 Å². The molecule has 0 saturated carbocycles. The number of urea groups is 1. The molecule has 2 rings (SSSR count). The van der Waals surface area contributed by atoms with Crippen LogP contribution in [0, 0.1) is 0 Å². The van der Waals surface area contributed by atoms with Gasteiger partial charge in [0.2, 0.25) is 0 Å². The maximum atomic E-state index is 12.2. The van der Waals surface area contributed by atoms with Crippen molar-refractivity contribution in [1.29, 1.82) is 0 Å². The van der Waals surface area contributed by atoms with E-state index in [0.717, 1.165) is 0 Å². The maximum Gasteiger partial charge on any atom is 0.322 e. The van der Waals surface area contributed by atoms with Gasteiger partial charge < -0.3 is 20.1 Å². The van der Waals surface area contributed by atoms with Crippen LogP contribution in [0.5, 0.6) is 0 Å². The van der Waals surface area contributed by atoms with E-state index in [2.05, 4.69) is 5.32 Å². The van der Waals surface area contributed by atoms with Gasteiger partial charge in [0, 0.05) is 12.2 Å². The molecule has 0 bridgehead atoms. The Hall–Kier alpha value is -2.08. The van der Waals surface area contributed by atoms with Crippen LogP contribution < -0.4 is 5.32 Å². The molecule has 1 fully saturated rings. The number of ether oxygens (including phenoxy) is 1. The Morgan fingerprint density at radius 2 is 2.30 bits per heavy atom. The Morgan fingerprint density at radius 3 is 3.00 bits per heavy atom. The van der Waals surface area contributed by atoms with E-state index < -0.39 is 5.97 Å². The molecule has 1 atom stereocenters. The van der Waals surface area contributed by atoms with Crippen LogP contribution in [-0.2, 0) is 16.0 Å². The highest BCUT2D eigenvalue weighted by atomic mass is 16.5. The molecule has 6 heteroatoms. The van der Waals surface area contributed by atoms with E-state index in [4.69, 9.17) is 9.84 Å². The van der Waals surface area contributed by atoms with E-state index >= 15 is 0 Å². The fourth-order valence-electron chi connectivity index (χ4n) is 2.16. The largest absolute Gasteiger partial charge is 0.481 e. The summed E-state index contributed by atoms with van der Waals surface area (Å²) in [6, 6.07) is 6.72. The molecule has 0 spiro atoms. The molecule has 1 aliphatic heterocycles. The Morgan fingerprint density at radius 1 is 1.50 bits per heavy atom. The minimum absolute atomic E-state index is 0.0333. The zero-order valence-corrected chi connectivity index (χ0v) is 11.3. The number of carbonyl (C=O) groups is 2. The van der Waals surface area contributed by atoms with E-state index in [1.165, 1.54) is 0 Å². The number of carbonyl (C=O) groups excluding carboxylic acids is 1. The lowest BCUT2D eigenvalue weighted by Gasteiger charge is -2.33. The molecular weight excluding hydrogens is 260 g/mol. The van der Waals surface area contributed by atoms with Crippen molar-refractivity contribution >= 4 is 17.7 Å². The Kier molecular flexibility index (Phi) is 4.57. The molecule has 1 aliphatic rings. The Labute approximate surface area is 117 Å². The highest BCUT2D eigenvalue weighted by molar-refractivity contribution is 5.89. The number of hydrogen-bond donors (Lipinski definition) is 2. The summed E-state index contributed by atoms with van der Waals surface area (Å²) in [5, 5.41) is 11.6. The molecule has 1 saturated heterocycles. The SMILES string of the molecule is CC1COCCN1C(=O)Nc1cccc(CC(=O)O)c1. The number of hydrogen-bond acceptors (Lipinski definition) is 3. The molecule has 108 valence electrons. The number of aliphatic carboxylic acids is 1. The van der Waals surface area contributed by atoms with Gasteiger partial charge >= 0.3 is 12.0 Å². The fourth-order valence-corrected chi connectivity index (χ4v) is 2.16. The van der Waals surface area contributed by atoms with E-state index in [9.17, 15) is 9.59 Å². The van der Waals surface area contributed by atoms with Crippen LogP contribution in [0.15, 0.2) is 24.3 Å². The van der Waals surface area contributed by atoms with Gasteiger partial charge in [-0.15, -0.1) is 0 Å². The molecule has 2 N–H and O–H groups in total. The molecule has 1 aromatic rings. The smallest absolute Gasteiger partial charge is 0.322 e. The molecule has 1 heterocycles. The summed E-state index contributed by atoms with van der Waals surface area (Å²) in [6.45, 7) is 3.56. The number of anilines is 1. The number of benzene rings is 1. The summed E-state index contributed by atoms with van der Waals surface area (Å²) in [6.07, 6.45) is -0.0579. The van der Waals surface area contributed by atoms with Crippen molar-refractivity contribution in [2.75, 3.05) is 25.1 Å². The second kappa shape index (κ2) is 6.38. The summed E-state index contributed by atoms with van der Waals surface area (Å²) in [7, 11) is 0. The standard InChI is InChI=1S/C14H18N2O4/c1-10-9-20-6-5-16(10)14(19)15-12-4-2-3-11(7-12)8-13(17)18/h2-4,7,10H,5-6,8-9H2,1H3,(H,15,19)(H,17,18). The molecule has 1 unspecified atom stereocenters. The zero-order chi connectivity index (χ0) is 14.5. The van der Waals surface area contributed by atoms with E-state index in [0.29, 0.717) is 31.0 Å². The van der Waals surface area contributed by atoms with Crippen molar-refractivity contribution in [2.24, 2.45) is 0 Å². The van der Waals surface area contributed by atoms with Gasteiger partial charge in [-0.2, -0.15) is 0 Å². The minimum Gasteiger partial charge on any atom is -0.481 e. The monoisotopic (exact) mass is 278 g/mol. The first-order valence-corrected chi connectivity index (χ1v) is 6.52. The number of carboxylic acid groups (broad SMARTS) is 1. The quantitative estimate of drug-likeness (QED) is 0.879. The van der Waals surface area contributed by atoms with Crippen molar-refractivity contribution in [3.63, 3.8) is 0 Å². The first kappa shape index (κ1) is 14.3. The number of nitrogens with one attached hydrogen (secondary N) is 1. The Bertz CT molecular complexity index is 504. The lowest BCUT2D eigenvalue weighted by atomic mass is 10.1. The van der Waals surface area contributed by atoms with E-state index in [1.807, 2.05) is 6.92 Å². The van der Waals surface area contributed by atoms with Gasteiger partial charge in [0.05, 0.1) is 25.7 Å². The summed E-state index contributed by atoms with van der Waals surface area (Å²) < 4.78 is 5.29. The normalized spacial score (nSPS) is 18.6. The van der Waals surface area contributed by atoms with Crippen molar-refractivity contribution in [3.05, 3.63) is 29.8 Å². The molecule has 0 aromatic heterocycles. The van der Waals surface area contributed by atoms with Crippen LogP contribution in [0.4, 0.5) is 10.5 Å². The molecule has 6 nitrogen and oxygen atoms in total. The molecule has 1 aromatic carbocycles. The number of morpholine rings is 1. The van der Waals surface area contributed by atoms with Crippen molar-refractivity contribution in [1.82, 2.24) is 4.90 Å². The van der Waals surface area contributed by atoms with Crippen molar-refractivity contribution < 1.29 is 19.4 Å². The van der Waals surface area contributed by atoms with Crippen molar-refractivity contribution in [3.8, 4) is 0 Å². The molecule has 0 radical (unpaired) electrons. The highest BCUT2D eigenvalue weighted by Gasteiger charge is 2.23. The van der Waals surface area contributed by atoms with Gasteiger partial charge in [-0.3, -0.25) is 4.79 Å². The molecule has 0 aliphatic carbocycles. The minimum atomic E-state index is -0.893. The van der Waals surface area contributed by atoms with Gasteiger partial charge in [-0.25, -0.2) is 4.79 Å². The van der Waals surface area contributed by atoms with Gasteiger partial charge in [-0.05, 0) is 24.6 Å². The number of amides is 2. The number of rotatable bonds is 3. The first-order chi connectivity index (χ1) is 9.56. The number of nitrogens with zero attached hydrogens (tertiary/aromatic N) is 1. The summed E-state index contributed by atoms with van der Waals surface area (Å²) in [4.78, 5) is 24.6. The lowest BCUT2D eigenvalue weighted by molar-refractivity contribution is -0.136. The molecular formula is C14H18N2O4. The lowest BCUT2D eigenvalue weighted by Crippen LogP contribution is -2.48. The van der Waals surface area contributed by atoms with Crippen LogP contribution >= 0.6 is 0 Å². The van der Waals surface area contributed by atoms with Crippen LogP contribution in [0.2, 0.25) is 0 Å². The topological polar surface area (TPSA) is 78.9 Å². The van der Waals surface area contributed by atoms with Gasteiger partial charge in [-0.1, -0.05) is 12.1 Å². The zero-order valence-electron chi connectivity index (χ0n) is 11.3. The Balaban J connectivity index is 2.01. The predicted octanol–water partition coefficient (Wildman–Crippen LogP) is 1.57. The fraction of sp³-hybridized carbons (Fsp3) is 0.429. The average Bonchev–Trinajstić information content (AvgIpc) is 2.38. The summed E-state index contributed by atoms with van der Waals surface area (Å²) in [5.74, 6) is -0.893. The molecule has 20 heavy (non-hydrogen) atoms. The van der Waals surface area contributed by atoms with Crippen LogP contribution in [0.3, 0.4) is 0 Å². The van der Waals surface area contributed by atoms with Gasteiger partial charge in [0.1, 0.15) is 0 Å². The summed E-state index contributed by atoms with van der Waals surface area (Å²) in [5.41, 5.74) is 1.26. The van der Waals surface area contributed by atoms with Gasteiger partial charge in [0.15, 0.2) is 0 Å². The summed E-state index contributed by atoms with van der Waals surface area (Å²) >= 11 is 0. The highest BCUT2D eigenvalue weighted by Crippen LogP contribution is 2.14. The van der Waals surface area contributed by atoms with Crippen molar-refractivity contribution in [2.45, 2.75) is 19.4 Å². The second-order valence-corrected chi connectivity index (χ2v) is 4.82. The first-order valence-electron chi connectivity index (χ1n) is 6.52. The van der Waals surface area contributed by atoms with Gasteiger partial charge in [0.25, 0.3) is 0 Å². The van der Waals surface area contributed by atoms with Crippen LogP contribution in [0.1, 0.15) is 12.5 Å². The third kappa shape index (κ3) is 3.71. The average molecular weight is 278 g/mol. The number of carboxylic acids is 1. The second-order valence-electron chi connectivity index (χ2n) is 4.82.